The van der Waals surface area contributed by atoms with Crippen LogP contribution in [0, 0.1) is 11.2 Å². The second-order valence-corrected chi connectivity index (χ2v) is 7.89. The first kappa shape index (κ1) is 19.2. The molecule has 1 fully saturated rings. The lowest BCUT2D eigenvalue weighted by Gasteiger charge is -2.44. The summed E-state index contributed by atoms with van der Waals surface area (Å²) in [5, 5.41) is 9.39. The van der Waals surface area contributed by atoms with Gasteiger partial charge in [-0.15, -0.1) is 0 Å². The molecule has 0 amide bonds. The van der Waals surface area contributed by atoms with Crippen molar-refractivity contribution in [3.63, 3.8) is 0 Å². The normalized spacial score (nSPS) is 20.3. The zero-order valence-electron chi connectivity index (χ0n) is 15.4. The number of nitrogens with zero attached hydrogens (tertiary/aromatic N) is 2. The van der Waals surface area contributed by atoms with Crippen LogP contribution in [0.5, 0.6) is 5.75 Å². The number of piperazine rings is 1. The number of hydrogen-bond acceptors (Lipinski definition) is 4. The molecule has 0 spiro atoms. The van der Waals surface area contributed by atoms with Gasteiger partial charge in [0.25, 0.3) is 0 Å². The van der Waals surface area contributed by atoms with Gasteiger partial charge in [-0.05, 0) is 17.9 Å². The minimum Gasteiger partial charge on any atom is -0.497 e. The van der Waals surface area contributed by atoms with Gasteiger partial charge in [0.05, 0.1) is 7.11 Å². The first-order valence-electron chi connectivity index (χ1n) is 8.72. The molecule has 0 radical (unpaired) electrons. The van der Waals surface area contributed by atoms with Gasteiger partial charge in [-0.2, -0.15) is 0 Å². The molecule has 0 aliphatic carbocycles. The Labute approximate surface area is 145 Å². The van der Waals surface area contributed by atoms with E-state index >= 15 is 0 Å². The monoisotopic (exact) mass is 338 g/mol. The van der Waals surface area contributed by atoms with Crippen LogP contribution in [0.2, 0.25) is 0 Å². The highest BCUT2D eigenvalue weighted by Crippen LogP contribution is 2.23. The molecule has 1 aliphatic rings. The maximum Gasteiger partial charge on any atom is 0.131 e. The summed E-state index contributed by atoms with van der Waals surface area (Å²) in [6.45, 7) is 11.3. The Hall–Kier alpha value is -1.17. The van der Waals surface area contributed by atoms with Crippen molar-refractivity contribution < 1.29 is 14.2 Å². The second-order valence-electron chi connectivity index (χ2n) is 7.89. The lowest BCUT2D eigenvalue weighted by Crippen LogP contribution is -2.54. The molecule has 1 heterocycles. The molecular formula is C19H31FN2O2. The summed E-state index contributed by atoms with van der Waals surface area (Å²) < 4.78 is 19.2. The third kappa shape index (κ3) is 5.43. The van der Waals surface area contributed by atoms with Crippen LogP contribution in [0.15, 0.2) is 18.2 Å². The summed E-state index contributed by atoms with van der Waals surface area (Å²) in [5.74, 6) is 0.328. The topological polar surface area (TPSA) is 35.9 Å². The molecule has 0 bridgehead atoms. The van der Waals surface area contributed by atoms with Crippen LogP contribution in [-0.2, 0) is 6.54 Å². The molecule has 4 nitrogen and oxygen atoms in total. The highest BCUT2D eigenvalue weighted by molar-refractivity contribution is 5.28. The maximum atomic E-state index is 14.2. The molecule has 2 rings (SSSR count). The van der Waals surface area contributed by atoms with E-state index < -0.39 is 0 Å². The van der Waals surface area contributed by atoms with Crippen LogP contribution in [0.1, 0.15) is 32.8 Å². The van der Waals surface area contributed by atoms with E-state index in [4.69, 9.17) is 4.74 Å². The summed E-state index contributed by atoms with van der Waals surface area (Å²) in [4.78, 5) is 4.75. The van der Waals surface area contributed by atoms with E-state index in [-0.39, 0.29) is 17.8 Å². The minimum absolute atomic E-state index is 0.191. The highest BCUT2D eigenvalue weighted by atomic mass is 19.1. The molecule has 1 saturated heterocycles. The smallest absolute Gasteiger partial charge is 0.131 e. The van der Waals surface area contributed by atoms with Gasteiger partial charge in [-0.25, -0.2) is 4.39 Å². The fraction of sp³-hybridized carbons (Fsp3) is 0.684. The van der Waals surface area contributed by atoms with Crippen molar-refractivity contribution in [3.05, 3.63) is 29.6 Å². The lowest BCUT2D eigenvalue weighted by molar-refractivity contribution is 0.0336. The summed E-state index contributed by atoms with van der Waals surface area (Å²) in [7, 11) is 1.54. The van der Waals surface area contributed by atoms with E-state index in [1.807, 2.05) is 0 Å². The molecule has 24 heavy (non-hydrogen) atoms. The fourth-order valence-corrected chi connectivity index (χ4v) is 3.37. The molecule has 0 unspecified atom stereocenters. The van der Waals surface area contributed by atoms with Gasteiger partial charge < -0.3 is 9.84 Å². The standard InChI is InChI=1S/C19H31FN2O2/c1-19(2,3)14-22-9-8-21(13-16(22)7-10-23)12-15-5-6-17(24-4)11-18(15)20/h5-6,11,16,23H,7-10,12-14H2,1-4H3/t16-/m0/s1. The van der Waals surface area contributed by atoms with Crippen molar-refractivity contribution in [3.8, 4) is 5.75 Å². The molecule has 1 aromatic rings. The van der Waals surface area contributed by atoms with Gasteiger partial charge in [0.1, 0.15) is 11.6 Å². The molecule has 1 aromatic carbocycles. The van der Waals surface area contributed by atoms with Gasteiger partial charge in [0, 0.05) is 57.0 Å². The van der Waals surface area contributed by atoms with Crippen molar-refractivity contribution >= 4 is 0 Å². The summed E-state index contributed by atoms with van der Waals surface area (Å²) in [5.41, 5.74) is 0.931. The third-order valence-electron chi connectivity index (χ3n) is 4.48. The summed E-state index contributed by atoms with van der Waals surface area (Å²) in [6.07, 6.45) is 0.762. The number of halogens is 1. The lowest BCUT2D eigenvalue weighted by atomic mass is 9.94. The molecule has 1 atom stereocenters. The molecule has 136 valence electrons. The SMILES string of the molecule is COc1ccc(CN2CCN(CC(C)(C)C)[C@@H](CCO)C2)c(F)c1. The Bertz CT molecular complexity index is 531. The summed E-state index contributed by atoms with van der Waals surface area (Å²) in [6, 6.07) is 5.37. The number of benzene rings is 1. The first-order valence-corrected chi connectivity index (χ1v) is 8.72. The Morgan fingerprint density at radius 1 is 1.29 bits per heavy atom. The van der Waals surface area contributed by atoms with Crippen LogP contribution in [-0.4, -0.2) is 60.8 Å². The van der Waals surface area contributed by atoms with Gasteiger partial charge in [0.2, 0.25) is 0 Å². The van der Waals surface area contributed by atoms with Crippen LogP contribution in [0.25, 0.3) is 0 Å². The number of ether oxygens (including phenoxy) is 1. The fourth-order valence-electron chi connectivity index (χ4n) is 3.37. The number of hydrogen-bond donors (Lipinski definition) is 1. The number of methoxy groups -OCH3 is 1. The predicted molar refractivity (Wildman–Crippen MR) is 94.7 cm³/mol. The average molecular weight is 338 g/mol. The Morgan fingerprint density at radius 2 is 2.04 bits per heavy atom. The van der Waals surface area contributed by atoms with Gasteiger partial charge in [-0.1, -0.05) is 26.8 Å². The molecule has 1 N–H and O–H groups in total. The Morgan fingerprint density at radius 3 is 2.62 bits per heavy atom. The zero-order chi connectivity index (χ0) is 17.7. The number of aliphatic hydroxyl groups is 1. The highest BCUT2D eigenvalue weighted by Gasteiger charge is 2.29. The molecule has 5 heteroatoms. The number of aliphatic hydroxyl groups excluding tert-OH is 1. The van der Waals surface area contributed by atoms with Crippen molar-refractivity contribution in [1.29, 1.82) is 0 Å². The third-order valence-corrected chi connectivity index (χ3v) is 4.48. The van der Waals surface area contributed by atoms with E-state index in [9.17, 15) is 9.50 Å². The second kappa shape index (κ2) is 8.28. The van der Waals surface area contributed by atoms with Crippen molar-refractivity contribution in [2.45, 2.75) is 39.8 Å². The van der Waals surface area contributed by atoms with Gasteiger partial charge in [0.15, 0.2) is 0 Å². The van der Waals surface area contributed by atoms with E-state index in [1.54, 1.807) is 19.2 Å². The van der Waals surface area contributed by atoms with E-state index in [1.165, 1.54) is 6.07 Å². The Balaban J connectivity index is 2.01. The van der Waals surface area contributed by atoms with E-state index in [0.717, 1.165) is 32.6 Å². The minimum atomic E-state index is -0.217. The largest absolute Gasteiger partial charge is 0.497 e. The molecular weight excluding hydrogens is 307 g/mol. The molecule has 0 saturated carbocycles. The summed E-state index contributed by atoms with van der Waals surface area (Å²) >= 11 is 0. The Kier molecular flexibility index (Phi) is 6.61. The van der Waals surface area contributed by atoms with Crippen molar-refractivity contribution in [2.24, 2.45) is 5.41 Å². The quantitative estimate of drug-likeness (QED) is 0.865. The van der Waals surface area contributed by atoms with E-state index in [2.05, 4.69) is 30.6 Å². The molecule has 1 aliphatic heterocycles. The average Bonchev–Trinajstić information content (AvgIpc) is 2.51. The first-order chi connectivity index (χ1) is 11.3. The zero-order valence-corrected chi connectivity index (χ0v) is 15.4. The van der Waals surface area contributed by atoms with Gasteiger partial charge in [-0.3, -0.25) is 9.80 Å². The van der Waals surface area contributed by atoms with Crippen LogP contribution in [0.3, 0.4) is 0 Å². The molecule has 0 aromatic heterocycles. The van der Waals surface area contributed by atoms with Crippen molar-refractivity contribution in [2.75, 3.05) is 39.9 Å². The predicted octanol–water partition coefficient (Wildman–Crippen LogP) is 2.75. The van der Waals surface area contributed by atoms with Crippen LogP contribution in [0.4, 0.5) is 4.39 Å². The number of rotatable bonds is 6. The van der Waals surface area contributed by atoms with Crippen LogP contribution >= 0.6 is 0 Å². The van der Waals surface area contributed by atoms with E-state index in [0.29, 0.717) is 23.9 Å². The van der Waals surface area contributed by atoms with Crippen molar-refractivity contribution in [1.82, 2.24) is 9.80 Å². The van der Waals surface area contributed by atoms with Crippen LogP contribution < -0.4 is 4.74 Å². The maximum absolute atomic E-state index is 14.2. The van der Waals surface area contributed by atoms with Gasteiger partial charge >= 0.3 is 0 Å².